The third-order valence-corrected chi connectivity index (χ3v) is 2.82. The second kappa shape index (κ2) is 8.22. The van der Waals surface area contributed by atoms with Crippen molar-refractivity contribution < 1.29 is 4.74 Å². The lowest BCUT2D eigenvalue weighted by molar-refractivity contribution is 0.156. The molecule has 2 heterocycles. The average Bonchev–Trinajstić information content (AvgIpc) is 2.24. The van der Waals surface area contributed by atoms with Crippen LogP contribution in [0.4, 0.5) is 0 Å². The van der Waals surface area contributed by atoms with Crippen LogP contribution in [0.5, 0.6) is 5.88 Å². The molecule has 0 bridgehead atoms. The van der Waals surface area contributed by atoms with Crippen molar-refractivity contribution in [1.82, 2.24) is 10.3 Å². The first-order valence-electron chi connectivity index (χ1n) is 4.94. The van der Waals surface area contributed by atoms with E-state index in [2.05, 4.69) is 10.3 Å². The van der Waals surface area contributed by atoms with Crippen LogP contribution in [0.1, 0.15) is 12.8 Å². The van der Waals surface area contributed by atoms with Crippen LogP contribution in [0, 0.1) is 0 Å². The molecule has 1 saturated heterocycles. The maximum Gasteiger partial charge on any atom is 0.232 e. The molecule has 1 aliphatic heterocycles. The molecule has 1 aromatic rings. The Labute approximate surface area is 123 Å². The summed E-state index contributed by atoms with van der Waals surface area (Å²) in [7, 11) is 0. The van der Waals surface area contributed by atoms with Crippen LogP contribution in [0.15, 0.2) is 12.3 Å². The van der Waals surface area contributed by atoms with E-state index in [4.69, 9.17) is 27.9 Å². The molecule has 0 atom stereocenters. The maximum absolute atomic E-state index is 5.96. The van der Waals surface area contributed by atoms with E-state index in [0.29, 0.717) is 15.9 Å². The summed E-state index contributed by atoms with van der Waals surface area (Å²) in [5.74, 6) is 0.480. The van der Waals surface area contributed by atoms with E-state index in [1.165, 1.54) is 0 Å². The number of halogens is 4. The number of nitrogens with one attached hydrogen (secondary N) is 1. The number of ether oxygens (including phenoxy) is 1. The predicted molar refractivity (Wildman–Crippen MR) is 75.3 cm³/mol. The minimum atomic E-state index is 0. The van der Waals surface area contributed by atoms with Gasteiger partial charge in [0.05, 0.1) is 5.02 Å². The summed E-state index contributed by atoms with van der Waals surface area (Å²) in [6, 6.07) is 1.65. The van der Waals surface area contributed by atoms with Crippen LogP contribution in [-0.2, 0) is 0 Å². The van der Waals surface area contributed by atoms with Crippen molar-refractivity contribution in [3.63, 3.8) is 0 Å². The van der Waals surface area contributed by atoms with E-state index in [-0.39, 0.29) is 30.9 Å². The molecule has 2 rings (SSSR count). The largest absolute Gasteiger partial charge is 0.473 e. The zero-order valence-electron chi connectivity index (χ0n) is 8.99. The highest BCUT2D eigenvalue weighted by atomic mass is 35.5. The fourth-order valence-electron chi connectivity index (χ4n) is 1.56. The second-order valence-electron chi connectivity index (χ2n) is 3.51. The monoisotopic (exact) mass is 318 g/mol. The molecule has 0 saturated carbocycles. The van der Waals surface area contributed by atoms with Gasteiger partial charge in [0, 0.05) is 6.20 Å². The first kappa shape index (κ1) is 17.1. The predicted octanol–water partition coefficient (Wildman–Crippen LogP) is 3.36. The molecular weight excluding hydrogens is 306 g/mol. The standard InChI is InChI=1S/C10H12Cl2N2O.2ClH/c11-7-5-9(12)10(14-6-7)15-8-1-3-13-4-2-8;;/h5-6,8,13H,1-4H2;2*1H. The quantitative estimate of drug-likeness (QED) is 0.907. The van der Waals surface area contributed by atoms with Crippen molar-refractivity contribution in [2.45, 2.75) is 18.9 Å². The van der Waals surface area contributed by atoms with Crippen LogP contribution in [0.25, 0.3) is 0 Å². The van der Waals surface area contributed by atoms with Crippen LogP contribution in [0.3, 0.4) is 0 Å². The van der Waals surface area contributed by atoms with Gasteiger partial charge in [-0.3, -0.25) is 0 Å². The fourth-order valence-corrected chi connectivity index (χ4v) is 1.98. The molecular formula is C10H14Cl4N2O. The highest BCUT2D eigenvalue weighted by molar-refractivity contribution is 6.35. The van der Waals surface area contributed by atoms with Gasteiger partial charge in [0.2, 0.25) is 5.88 Å². The molecule has 98 valence electrons. The van der Waals surface area contributed by atoms with Gasteiger partial charge in [-0.15, -0.1) is 24.8 Å². The number of hydrogen-bond donors (Lipinski definition) is 1. The summed E-state index contributed by atoms with van der Waals surface area (Å²) in [4.78, 5) is 4.07. The third kappa shape index (κ3) is 5.06. The van der Waals surface area contributed by atoms with E-state index in [0.717, 1.165) is 25.9 Å². The average molecular weight is 320 g/mol. The lowest BCUT2D eigenvalue weighted by Crippen LogP contribution is -2.34. The smallest absolute Gasteiger partial charge is 0.232 e. The highest BCUT2D eigenvalue weighted by Crippen LogP contribution is 2.26. The van der Waals surface area contributed by atoms with Gasteiger partial charge in [0.25, 0.3) is 0 Å². The number of rotatable bonds is 2. The Morgan fingerprint density at radius 3 is 2.47 bits per heavy atom. The van der Waals surface area contributed by atoms with Gasteiger partial charge >= 0.3 is 0 Å². The van der Waals surface area contributed by atoms with Crippen LogP contribution >= 0.6 is 48.0 Å². The van der Waals surface area contributed by atoms with Crippen LogP contribution in [-0.4, -0.2) is 24.2 Å². The molecule has 0 amide bonds. The van der Waals surface area contributed by atoms with Gasteiger partial charge in [-0.05, 0) is 32.0 Å². The summed E-state index contributed by atoms with van der Waals surface area (Å²) < 4.78 is 5.70. The minimum absolute atomic E-state index is 0. The van der Waals surface area contributed by atoms with Crippen molar-refractivity contribution in [1.29, 1.82) is 0 Å². The zero-order chi connectivity index (χ0) is 10.7. The van der Waals surface area contributed by atoms with E-state index >= 15 is 0 Å². The molecule has 7 heteroatoms. The summed E-state index contributed by atoms with van der Waals surface area (Å²) >= 11 is 11.7. The Bertz CT molecular complexity index is 345. The van der Waals surface area contributed by atoms with Gasteiger partial charge < -0.3 is 10.1 Å². The normalized spacial score (nSPS) is 15.6. The molecule has 1 aromatic heterocycles. The minimum Gasteiger partial charge on any atom is -0.473 e. The summed E-state index contributed by atoms with van der Waals surface area (Å²) in [5, 5.41) is 4.27. The lowest BCUT2D eigenvalue weighted by atomic mass is 10.1. The first-order valence-corrected chi connectivity index (χ1v) is 5.70. The molecule has 1 N–H and O–H groups in total. The Balaban J connectivity index is 0.00000128. The molecule has 0 aromatic carbocycles. The third-order valence-electron chi connectivity index (χ3n) is 2.34. The van der Waals surface area contributed by atoms with Gasteiger partial charge in [0.15, 0.2) is 0 Å². The van der Waals surface area contributed by atoms with Crippen molar-refractivity contribution in [2.75, 3.05) is 13.1 Å². The van der Waals surface area contributed by atoms with E-state index in [1.807, 2.05) is 0 Å². The van der Waals surface area contributed by atoms with Gasteiger partial charge in [-0.2, -0.15) is 0 Å². The molecule has 1 fully saturated rings. The van der Waals surface area contributed by atoms with Gasteiger partial charge in [-0.25, -0.2) is 4.98 Å². The van der Waals surface area contributed by atoms with Gasteiger partial charge in [-0.1, -0.05) is 23.2 Å². The zero-order valence-corrected chi connectivity index (χ0v) is 12.1. The Morgan fingerprint density at radius 1 is 1.24 bits per heavy atom. The van der Waals surface area contributed by atoms with E-state index < -0.39 is 0 Å². The van der Waals surface area contributed by atoms with E-state index in [9.17, 15) is 0 Å². The van der Waals surface area contributed by atoms with Crippen molar-refractivity contribution in [3.05, 3.63) is 22.3 Å². The van der Waals surface area contributed by atoms with E-state index in [1.54, 1.807) is 12.3 Å². The van der Waals surface area contributed by atoms with Crippen molar-refractivity contribution >= 4 is 48.0 Å². The number of piperidine rings is 1. The number of pyridine rings is 1. The number of hydrogen-bond acceptors (Lipinski definition) is 3. The lowest BCUT2D eigenvalue weighted by Gasteiger charge is -2.23. The SMILES string of the molecule is Cl.Cl.Clc1cnc(OC2CCNCC2)c(Cl)c1. The molecule has 1 aliphatic rings. The second-order valence-corrected chi connectivity index (χ2v) is 4.35. The molecule has 17 heavy (non-hydrogen) atoms. The molecule has 0 spiro atoms. The van der Waals surface area contributed by atoms with Gasteiger partial charge in [0.1, 0.15) is 11.1 Å². The molecule has 0 unspecified atom stereocenters. The highest BCUT2D eigenvalue weighted by Gasteiger charge is 2.16. The van der Waals surface area contributed by atoms with Crippen LogP contribution in [0.2, 0.25) is 10.0 Å². The number of nitrogens with zero attached hydrogens (tertiary/aromatic N) is 1. The molecule has 3 nitrogen and oxygen atoms in total. The first-order chi connectivity index (χ1) is 7.25. The topological polar surface area (TPSA) is 34.1 Å². The summed E-state index contributed by atoms with van der Waals surface area (Å²) in [5.41, 5.74) is 0. The maximum atomic E-state index is 5.96. The molecule has 0 aliphatic carbocycles. The van der Waals surface area contributed by atoms with Crippen LogP contribution < -0.4 is 10.1 Å². The number of aromatic nitrogens is 1. The Kier molecular flexibility index (Phi) is 8.25. The Hall–Kier alpha value is 0.0700. The summed E-state index contributed by atoms with van der Waals surface area (Å²) in [6.45, 7) is 1.96. The summed E-state index contributed by atoms with van der Waals surface area (Å²) in [6.07, 6.45) is 3.72. The molecule has 0 radical (unpaired) electrons. The van der Waals surface area contributed by atoms with Crippen molar-refractivity contribution in [2.24, 2.45) is 0 Å². The van der Waals surface area contributed by atoms with Crippen molar-refractivity contribution in [3.8, 4) is 5.88 Å². The fraction of sp³-hybridized carbons (Fsp3) is 0.500. The Morgan fingerprint density at radius 2 is 1.88 bits per heavy atom.